The summed E-state index contributed by atoms with van der Waals surface area (Å²) < 4.78 is 35.8. The van der Waals surface area contributed by atoms with Crippen molar-refractivity contribution in [2.24, 2.45) is 0 Å². The maximum atomic E-state index is 12.9. The lowest BCUT2D eigenvalue weighted by atomic mass is 10.0. The van der Waals surface area contributed by atoms with Crippen LogP contribution in [0.3, 0.4) is 0 Å². The number of halogens is 1. The van der Waals surface area contributed by atoms with E-state index in [-0.39, 0.29) is 17.8 Å². The Morgan fingerprint density at radius 3 is 2.32 bits per heavy atom. The number of likely N-dealkylation sites (tertiary alicyclic amines) is 1. The molecule has 0 radical (unpaired) electrons. The third kappa shape index (κ3) is 4.19. The maximum absolute atomic E-state index is 12.9. The van der Waals surface area contributed by atoms with Gasteiger partial charge in [0.1, 0.15) is 11.1 Å². The second kappa shape index (κ2) is 6.64. The summed E-state index contributed by atoms with van der Waals surface area (Å²) in [6, 6.07) is 6.35. The van der Waals surface area contributed by atoms with Crippen molar-refractivity contribution in [3.63, 3.8) is 0 Å². The zero-order valence-corrected chi connectivity index (χ0v) is 13.6. The topological polar surface area (TPSA) is 66.5 Å². The summed E-state index contributed by atoms with van der Waals surface area (Å²) in [6.07, 6.45) is 2.55. The molecule has 2 rings (SSSR count). The lowest BCUT2D eigenvalue weighted by Crippen LogP contribution is -2.47. The summed E-state index contributed by atoms with van der Waals surface area (Å²) in [6.45, 7) is 2.48. The van der Waals surface area contributed by atoms with Gasteiger partial charge >= 0.3 is 0 Å². The van der Waals surface area contributed by atoms with Crippen LogP contribution in [0, 0.1) is 5.82 Å². The molecule has 1 aromatic carbocycles. The van der Waals surface area contributed by atoms with Gasteiger partial charge in [0.2, 0.25) is 5.91 Å². The summed E-state index contributed by atoms with van der Waals surface area (Å²) >= 11 is 0. The standard InChI is InChI=1S/C15H21FN2O3S/c1-11(22(2,20)21)15(19)18-9-7-14(8-10-18)17-13-5-3-12(16)4-6-13/h3-6,11,14,17H,7-10H2,1-2H3. The first-order valence-electron chi connectivity index (χ1n) is 7.27. The minimum atomic E-state index is -3.36. The highest BCUT2D eigenvalue weighted by Crippen LogP contribution is 2.18. The minimum absolute atomic E-state index is 0.197. The molecule has 0 aromatic heterocycles. The lowest BCUT2D eigenvalue weighted by molar-refractivity contribution is -0.131. The van der Waals surface area contributed by atoms with E-state index in [9.17, 15) is 17.6 Å². The fraction of sp³-hybridized carbons (Fsp3) is 0.533. The fourth-order valence-corrected chi connectivity index (χ4v) is 2.98. The molecule has 1 atom stereocenters. The molecular formula is C15H21FN2O3S. The summed E-state index contributed by atoms with van der Waals surface area (Å²) in [4.78, 5) is 13.7. The average Bonchev–Trinajstić information content (AvgIpc) is 2.48. The molecule has 1 aromatic rings. The van der Waals surface area contributed by atoms with Gasteiger partial charge in [0, 0.05) is 31.1 Å². The van der Waals surface area contributed by atoms with Crippen LogP contribution in [0.25, 0.3) is 0 Å². The second-order valence-corrected chi connectivity index (χ2v) is 8.09. The number of anilines is 1. The quantitative estimate of drug-likeness (QED) is 0.913. The van der Waals surface area contributed by atoms with Crippen LogP contribution in [0.2, 0.25) is 0 Å². The van der Waals surface area contributed by atoms with Crippen LogP contribution in [0.15, 0.2) is 24.3 Å². The number of carbonyl (C=O) groups is 1. The van der Waals surface area contributed by atoms with Gasteiger partial charge in [0.25, 0.3) is 0 Å². The summed E-state index contributed by atoms with van der Waals surface area (Å²) in [5.74, 6) is -0.608. The van der Waals surface area contributed by atoms with E-state index in [1.807, 2.05) is 0 Å². The van der Waals surface area contributed by atoms with Crippen molar-refractivity contribution < 1.29 is 17.6 Å². The number of carbonyl (C=O) groups excluding carboxylic acids is 1. The Kier molecular flexibility index (Phi) is 5.05. The van der Waals surface area contributed by atoms with E-state index in [2.05, 4.69) is 5.32 Å². The normalized spacial score (nSPS) is 18.0. The Morgan fingerprint density at radius 2 is 1.82 bits per heavy atom. The number of rotatable bonds is 4. The van der Waals surface area contributed by atoms with Crippen molar-refractivity contribution in [2.75, 3.05) is 24.7 Å². The van der Waals surface area contributed by atoms with Crippen LogP contribution >= 0.6 is 0 Å². The molecule has 0 aliphatic carbocycles. The number of hydrogen-bond acceptors (Lipinski definition) is 4. The molecule has 1 saturated heterocycles. The van der Waals surface area contributed by atoms with E-state index >= 15 is 0 Å². The molecule has 0 bridgehead atoms. The first-order valence-corrected chi connectivity index (χ1v) is 9.22. The van der Waals surface area contributed by atoms with E-state index < -0.39 is 15.1 Å². The van der Waals surface area contributed by atoms with Crippen molar-refractivity contribution in [1.29, 1.82) is 0 Å². The summed E-state index contributed by atoms with van der Waals surface area (Å²) in [5, 5.41) is 2.31. The Balaban J connectivity index is 1.88. The molecule has 1 amide bonds. The number of nitrogens with zero attached hydrogens (tertiary/aromatic N) is 1. The van der Waals surface area contributed by atoms with Gasteiger partial charge in [-0.25, -0.2) is 12.8 Å². The number of benzene rings is 1. The Hall–Kier alpha value is -1.63. The summed E-state index contributed by atoms with van der Waals surface area (Å²) in [5.41, 5.74) is 0.843. The maximum Gasteiger partial charge on any atom is 0.240 e. The van der Waals surface area contributed by atoms with E-state index in [0.29, 0.717) is 13.1 Å². The van der Waals surface area contributed by atoms with Crippen molar-refractivity contribution in [1.82, 2.24) is 4.90 Å². The highest BCUT2D eigenvalue weighted by atomic mass is 32.2. The molecule has 1 unspecified atom stereocenters. The summed E-state index contributed by atoms with van der Waals surface area (Å²) in [7, 11) is -3.36. The number of hydrogen-bond donors (Lipinski definition) is 1. The third-order valence-electron chi connectivity index (χ3n) is 4.01. The van der Waals surface area contributed by atoms with Gasteiger partial charge in [-0.15, -0.1) is 0 Å². The first kappa shape index (κ1) is 16.7. The smallest absolute Gasteiger partial charge is 0.240 e. The van der Waals surface area contributed by atoms with Gasteiger partial charge in [-0.3, -0.25) is 4.79 Å². The fourth-order valence-electron chi connectivity index (χ4n) is 2.47. The van der Waals surface area contributed by atoms with Gasteiger partial charge in [-0.2, -0.15) is 0 Å². The Bertz CT molecular complexity index is 623. The lowest BCUT2D eigenvalue weighted by Gasteiger charge is -2.34. The number of nitrogens with one attached hydrogen (secondary N) is 1. The Labute approximate surface area is 130 Å². The largest absolute Gasteiger partial charge is 0.382 e. The highest BCUT2D eigenvalue weighted by Gasteiger charge is 2.30. The van der Waals surface area contributed by atoms with E-state index in [0.717, 1.165) is 24.8 Å². The van der Waals surface area contributed by atoms with E-state index in [4.69, 9.17) is 0 Å². The third-order valence-corrected chi connectivity index (χ3v) is 5.50. The van der Waals surface area contributed by atoms with Crippen LogP contribution in [0.5, 0.6) is 0 Å². The molecule has 1 heterocycles. The second-order valence-electron chi connectivity index (χ2n) is 5.72. The molecule has 122 valence electrons. The van der Waals surface area contributed by atoms with E-state index in [1.54, 1.807) is 17.0 Å². The molecule has 7 heteroatoms. The van der Waals surface area contributed by atoms with Crippen LogP contribution in [0.4, 0.5) is 10.1 Å². The van der Waals surface area contributed by atoms with Gasteiger partial charge in [0.05, 0.1) is 0 Å². The molecular weight excluding hydrogens is 307 g/mol. The molecule has 22 heavy (non-hydrogen) atoms. The van der Waals surface area contributed by atoms with Crippen molar-refractivity contribution in [2.45, 2.75) is 31.1 Å². The van der Waals surface area contributed by atoms with Crippen LogP contribution in [-0.4, -0.2) is 49.9 Å². The average molecular weight is 328 g/mol. The van der Waals surface area contributed by atoms with Crippen molar-refractivity contribution >= 4 is 21.4 Å². The Morgan fingerprint density at radius 1 is 1.27 bits per heavy atom. The molecule has 1 aliphatic rings. The molecule has 0 saturated carbocycles. The molecule has 1 fully saturated rings. The SMILES string of the molecule is CC(C(=O)N1CCC(Nc2ccc(F)cc2)CC1)S(C)(=O)=O. The van der Waals surface area contributed by atoms with Crippen molar-refractivity contribution in [3.8, 4) is 0 Å². The monoisotopic (exact) mass is 328 g/mol. The molecule has 1 aliphatic heterocycles. The highest BCUT2D eigenvalue weighted by molar-refractivity contribution is 7.92. The number of piperidine rings is 1. The zero-order valence-electron chi connectivity index (χ0n) is 12.8. The van der Waals surface area contributed by atoms with Crippen molar-refractivity contribution in [3.05, 3.63) is 30.1 Å². The van der Waals surface area contributed by atoms with Crippen LogP contribution < -0.4 is 5.32 Å². The first-order chi connectivity index (χ1) is 10.3. The van der Waals surface area contributed by atoms with E-state index in [1.165, 1.54) is 19.1 Å². The predicted molar refractivity (Wildman–Crippen MR) is 83.9 cm³/mol. The van der Waals surface area contributed by atoms with Crippen LogP contribution in [-0.2, 0) is 14.6 Å². The van der Waals surface area contributed by atoms with Gasteiger partial charge < -0.3 is 10.2 Å². The minimum Gasteiger partial charge on any atom is -0.382 e. The number of sulfone groups is 1. The van der Waals surface area contributed by atoms with Crippen LogP contribution in [0.1, 0.15) is 19.8 Å². The predicted octanol–water partition coefficient (Wildman–Crippen LogP) is 1.66. The molecule has 1 N–H and O–H groups in total. The van der Waals surface area contributed by atoms with Gasteiger partial charge in [-0.05, 0) is 44.0 Å². The molecule has 5 nitrogen and oxygen atoms in total. The van der Waals surface area contributed by atoms with Gasteiger partial charge in [-0.1, -0.05) is 0 Å². The zero-order chi connectivity index (χ0) is 16.3. The number of amides is 1. The van der Waals surface area contributed by atoms with Gasteiger partial charge in [0.15, 0.2) is 9.84 Å². The molecule has 0 spiro atoms.